The van der Waals surface area contributed by atoms with Gasteiger partial charge < -0.3 is 14.4 Å². The van der Waals surface area contributed by atoms with E-state index in [0.29, 0.717) is 6.42 Å². The third-order valence-electron chi connectivity index (χ3n) is 2.91. The average Bonchev–Trinajstić information content (AvgIpc) is 2.38. The molecule has 1 rings (SSSR count). The minimum absolute atomic E-state index is 0.468. The number of hydrogen-bond acceptors (Lipinski definition) is 3. The molecule has 0 aliphatic rings. The predicted molar refractivity (Wildman–Crippen MR) is 78.6 cm³/mol. The van der Waals surface area contributed by atoms with E-state index in [1.54, 1.807) is 27.8 Å². The Kier molecular flexibility index (Phi) is 5.74. The molecule has 0 spiro atoms. The highest BCUT2D eigenvalue weighted by Gasteiger charge is 2.24. The fourth-order valence-corrected chi connectivity index (χ4v) is 1.78. The predicted octanol–water partition coefficient (Wildman–Crippen LogP) is 3.05. The molecule has 0 radical (unpaired) electrons. The topological polar surface area (TPSA) is 46.6 Å². The summed E-state index contributed by atoms with van der Waals surface area (Å²) in [6.45, 7) is 5.41. The highest BCUT2D eigenvalue weighted by Crippen LogP contribution is 2.13. The van der Waals surface area contributed by atoms with E-state index >= 15 is 0 Å². The maximum atomic E-state index is 11.9. The largest absolute Gasteiger partial charge is 0.444 e. The van der Waals surface area contributed by atoms with Gasteiger partial charge in [0.2, 0.25) is 0 Å². The van der Waals surface area contributed by atoms with Crippen molar-refractivity contribution in [3.8, 4) is 0 Å². The fraction of sp³-hybridized carbons (Fsp3) is 0.500. The van der Waals surface area contributed by atoms with Gasteiger partial charge in [0.1, 0.15) is 11.9 Å². The number of hydrogen-bond donors (Lipinski definition) is 0. The summed E-state index contributed by atoms with van der Waals surface area (Å²) in [7, 11) is 1.60. The van der Waals surface area contributed by atoms with Crippen molar-refractivity contribution in [1.29, 1.82) is 0 Å². The van der Waals surface area contributed by atoms with E-state index in [0.717, 1.165) is 18.3 Å². The van der Waals surface area contributed by atoms with Crippen LogP contribution in [-0.2, 0) is 16.0 Å². The number of carbonyl (C=O) groups is 2. The van der Waals surface area contributed by atoms with Gasteiger partial charge in [0.25, 0.3) is 0 Å². The SMILES string of the molecule is CN(C(=O)OC(C)(C)C)C(C=O)CCc1ccccc1. The lowest BCUT2D eigenvalue weighted by atomic mass is 10.1. The van der Waals surface area contributed by atoms with E-state index in [1.165, 1.54) is 4.90 Å². The molecule has 0 aromatic heterocycles. The van der Waals surface area contributed by atoms with Crippen molar-refractivity contribution in [3.05, 3.63) is 35.9 Å². The van der Waals surface area contributed by atoms with Crippen LogP contribution < -0.4 is 0 Å². The molecule has 20 heavy (non-hydrogen) atoms. The number of nitrogens with zero attached hydrogens (tertiary/aromatic N) is 1. The van der Waals surface area contributed by atoms with E-state index in [9.17, 15) is 9.59 Å². The highest BCUT2D eigenvalue weighted by molar-refractivity contribution is 5.73. The number of ether oxygens (including phenoxy) is 1. The van der Waals surface area contributed by atoms with Crippen molar-refractivity contribution in [2.45, 2.75) is 45.3 Å². The van der Waals surface area contributed by atoms with E-state index < -0.39 is 17.7 Å². The molecule has 0 saturated carbocycles. The lowest BCUT2D eigenvalue weighted by Crippen LogP contribution is -2.41. The van der Waals surface area contributed by atoms with Crippen LogP contribution in [0, 0.1) is 0 Å². The maximum Gasteiger partial charge on any atom is 0.410 e. The van der Waals surface area contributed by atoms with Crippen molar-refractivity contribution in [1.82, 2.24) is 4.90 Å². The van der Waals surface area contributed by atoms with Crippen LogP contribution in [0.5, 0.6) is 0 Å². The summed E-state index contributed by atoms with van der Waals surface area (Å²) in [5.74, 6) is 0. The van der Waals surface area contributed by atoms with Crippen molar-refractivity contribution in [2.24, 2.45) is 0 Å². The zero-order valence-corrected chi connectivity index (χ0v) is 12.6. The van der Waals surface area contributed by atoms with Crippen LogP contribution in [0.1, 0.15) is 32.8 Å². The third kappa shape index (κ3) is 5.43. The summed E-state index contributed by atoms with van der Waals surface area (Å²) in [6, 6.07) is 9.43. The van der Waals surface area contributed by atoms with Gasteiger partial charge in [-0.15, -0.1) is 0 Å². The number of rotatable bonds is 5. The number of likely N-dealkylation sites (N-methyl/N-ethyl adjacent to an activating group) is 1. The Bertz CT molecular complexity index is 437. The second-order valence-corrected chi connectivity index (χ2v) is 5.82. The Labute approximate surface area is 120 Å². The molecule has 0 heterocycles. The van der Waals surface area contributed by atoms with Crippen LogP contribution in [0.4, 0.5) is 4.79 Å². The van der Waals surface area contributed by atoms with E-state index in [-0.39, 0.29) is 0 Å². The Morgan fingerprint density at radius 3 is 2.40 bits per heavy atom. The molecule has 1 amide bonds. The first-order valence-corrected chi connectivity index (χ1v) is 6.78. The van der Waals surface area contributed by atoms with Crippen LogP contribution >= 0.6 is 0 Å². The molecule has 4 heteroatoms. The van der Waals surface area contributed by atoms with Gasteiger partial charge in [0.15, 0.2) is 0 Å². The molecule has 0 N–H and O–H groups in total. The van der Waals surface area contributed by atoms with Gasteiger partial charge in [-0.2, -0.15) is 0 Å². The smallest absolute Gasteiger partial charge is 0.410 e. The van der Waals surface area contributed by atoms with E-state index in [1.807, 2.05) is 30.3 Å². The van der Waals surface area contributed by atoms with Gasteiger partial charge in [0.05, 0.1) is 6.04 Å². The van der Waals surface area contributed by atoms with Crippen LogP contribution in [-0.4, -0.2) is 36.0 Å². The van der Waals surface area contributed by atoms with Crippen LogP contribution in [0.3, 0.4) is 0 Å². The zero-order valence-electron chi connectivity index (χ0n) is 12.6. The summed E-state index contributed by atoms with van der Waals surface area (Å²) in [5, 5.41) is 0. The Balaban J connectivity index is 2.57. The van der Waals surface area contributed by atoms with Crippen molar-refractivity contribution in [2.75, 3.05) is 7.05 Å². The van der Waals surface area contributed by atoms with Gasteiger partial charge in [-0.25, -0.2) is 4.79 Å². The molecule has 1 aromatic carbocycles. The Hall–Kier alpha value is -1.84. The number of aldehydes is 1. The molecular weight excluding hydrogens is 254 g/mol. The number of benzene rings is 1. The fourth-order valence-electron chi connectivity index (χ4n) is 1.78. The average molecular weight is 277 g/mol. The second kappa shape index (κ2) is 7.08. The van der Waals surface area contributed by atoms with Gasteiger partial charge in [-0.3, -0.25) is 0 Å². The standard InChI is InChI=1S/C16H23NO3/c1-16(2,3)20-15(19)17(4)14(12-18)11-10-13-8-6-5-7-9-13/h5-9,12,14H,10-11H2,1-4H3. The van der Waals surface area contributed by atoms with Crippen LogP contribution in [0.2, 0.25) is 0 Å². The van der Waals surface area contributed by atoms with Gasteiger partial charge >= 0.3 is 6.09 Å². The second-order valence-electron chi connectivity index (χ2n) is 5.82. The normalized spacial score (nSPS) is 12.6. The summed E-state index contributed by atoms with van der Waals surface area (Å²) in [6.07, 6.45) is 1.66. The first kappa shape index (κ1) is 16.2. The summed E-state index contributed by atoms with van der Waals surface area (Å²) < 4.78 is 5.26. The first-order valence-electron chi connectivity index (χ1n) is 6.78. The number of carbonyl (C=O) groups excluding carboxylic acids is 2. The third-order valence-corrected chi connectivity index (χ3v) is 2.91. The Morgan fingerprint density at radius 1 is 1.30 bits per heavy atom. The minimum atomic E-state index is -0.557. The number of aryl methyl sites for hydroxylation is 1. The van der Waals surface area contributed by atoms with Crippen LogP contribution in [0.25, 0.3) is 0 Å². The molecule has 0 fully saturated rings. The Morgan fingerprint density at radius 2 is 1.90 bits per heavy atom. The molecule has 1 unspecified atom stereocenters. The van der Waals surface area contributed by atoms with E-state index in [2.05, 4.69) is 0 Å². The monoisotopic (exact) mass is 277 g/mol. The number of amides is 1. The molecule has 1 atom stereocenters. The summed E-state index contributed by atoms with van der Waals surface area (Å²) in [4.78, 5) is 24.5. The van der Waals surface area contributed by atoms with Gasteiger partial charge in [-0.1, -0.05) is 30.3 Å². The van der Waals surface area contributed by atoms with Crippen molar-refractivity contribution in [3.63, 3.8) is 0 Å². The highest BCUT2D eigenvalue weighted by atomic mass is 16.6. The lowest BCUT2D eigenvalue weighted by Gasteiger charge is -2.28. The summed E-state index contributed by atoms with van der Waals surface area (Å²) in [5.41, 5.74) is 0.593. The zero-order chi connectivity index (χ0) is 15.2. The van der Waals surface area contributed by atoms with Crippen molar-refractivity contribution >= 4 is 12.4 Å². The first-order chi connectivity index (χ1) is 9.33. The summed E-state index contributed by atoms with van der Waals surface area (Å²) >= 11 is 0. The molecule has 0 bridgehead atoms. The molecule has 0 aliphatic carbocycles. The molecule has 0 saturated heterocycles. The van der Waals surface area contributed by atoms with Crippen molar-refractivity contribution < 1.29 is 14.3 Å². The maximum absolute atomic E-state index is 11.9. The lowest BCUT2D eigenvalue weighted by molar-refractivity contribution is -0.112. The van der Waals surface area contributed by atoms with E-state index in [4.69, 9.17) is 4.74 Å². The van der Waals surface area contributed by atoms with Gasteiger partial charge in [-0.05, 0) is 39.2 Å². The quantitative estimate of drug-likeness (QED) is 0.777. The van der Waals surface area contributed by atoms with Crippen LogP contribution in [0.15, 0.2) is 30.3 Å². The molecule has 1 aromatic rings. The molecular formula is C16H23NO3. The molecule has 0 aliphatic heterocycles. The minimum Gasteiger partial charge on any atom is -0.444 e. The molecule has 4 nitrogen and oxygen atoms in total. The molecule has 110 valence electrons. The van der Waals surface area contributed by atoms with Gasteiger partial charge in [0, 0.05) is 7.05 Å².